The molecule has 0 radical (unpaired) electrons. The van der Waals surface area contributed by atoms with E-state index in [9.17, 15) is 9.59 Å². The van der Waals surface area contributed by atoms with Gasteiger partial charge < -0.3 is 9.47 Å². The van der Waals surface area contributed by atoms with Crippen molar-refractivity contribution >= 4 is 11.9 Å². The number of carbonyl (C=O) groups excluding carboxylic acids is 2. The fraction of sp³-hybridized carbons (Fsp3) is 0.714. The van der Waals surface area contributed by atoms with Crippen LogP contribution in [0.5, 0.6) is 0 Å². The van der Waals surface area contributed by atoms with Crippen LogP contribution in [0, 0.1) is 5.92 Å². The number of hydrogen-bond donors (Lipinski definition) is 0. The maximum Gasteiger partial charge on any atom is 0.331 e. The van der Waals surface area contributed by atoms with Crippen LogP contribution in [0.15, 0.2) is 12.2 Å². The molecule has 0 aromatic carbocycles. The smallest absolute Gasteiger partial charge is 0.331 e. The first-order chi connectivity index (χ1) is 8.52. The van der Waals surface area contributed by atoms with Crippen molar-refractivity contribution in [2.45, 2.75) is 58.7 Å². The summed E-state index contributed by atoms with van der Waals surface area (Å²) in [6.45, 7) is 5.98. The highest BCUT2D eigenvalue weighted by Crippen LogP contribution is 2.26. The van der Waals surface area contributed by atoms with E-state index in [1.54, 1.807) is 6.08 Å². The van der Waals surface area contributed by atoms with Crippen molar-refractivity contribution in [3.63, 3.8) is 0 Å². The molecule has 0 unspecified atom stereocenters. The minimum Gasteiger partial charge on any atom is -0.462 e. The molecule has 0 spiro atoms. The van der Waals surface area contributed by atoms with Crippen molar-refractivity contribution in [3.05, 3.63) is 12.2 Å². The lowest BCUT2D eigenvalue weighted by atomic mass is 9.96. The van der Waals surface area contributed by atoms with Crippen molar-refractivity contribution in [2.24, 2.45) is 5.92 Å². The third kappa shape index (κ3) is 4.90. The Bertz CT molecular complexity index is 322. The summed E-state index contributed by atoms with van der Waals surface area (Å²) in [4.78, 5) is 20.9. The van der Waals surface area contributed by atoms with Gasteiger partial charge in [-0.05, 0) is 26.3 Å². The summed E-state index contributed by atoms with van der Waals surface area (Å²) >= 11 is 0. The highest BCUT2D eigenvalue weighted by Gasteiger charge is 2.30. The lowest BCUT2D eigenvalue weighted by molar-refractivity contribution is -0.141. The molecule has 2 rings (SSSR count). The fourth-order valence-corrected chi connectivity index (χ4v) is 2.01. The van der Waals surface area contributed by atoms with Gasteiger partial charge in [0.2, 0.25) is 0 Å². The van der Waals surface area contributed by atoms with Gasteiger partial charge in [-0.2, -0.15) is 0 Å². The van der Waals surface area contributed by atoms with Gasteiger partial charge in [-0.25, -0.2) is 4.79 Å². The number of ether oxygens (including phenoxy) is 2. The zero-order valence-electron chi connectivity index (χ0n) is 11.3. The molecule has 0 saturated carbocycles. The van der Waals surface area contributed by atoms with Gasteiger partial charge in [0.25, 0.3) is 0 Å². The number of rotatable bonds is 3. The molecule has 1 saturated heterocycles. The second-order valence-corrected chi connectivity index (χ2v) is 4.80. The quantitative estimate of drug-likeness (QED) is 0.726. The number of unbranched alkanes of at least 4 members (excludes halogenated alkanes) is 1. The second-order valence-electron chi connectivity index (χ2n) is 4.80. The summed E-state index contributed by atoms with van der Waals surface area (Å²) in [6, 6.07) is 0. The largest absolute Gasteiger partial charge is 0.462 e. The summed E-state index contributed by atoms with van der Waals surface area (Å²) in [7, 11) is 0. The fourth-order valence-electron chi connectivity index (χ4n) is 2.01. The molecular formula is C14H22O4. The first kappa shape index (κ1) is 14.7. The number of carbonyl (C=O) groups is 2. The van der Waals surface area contributed by atoms with E-state index < -0.39 is 0 Å². The summed E-state index contributed by atoms with van der Waals surface area (Å²) in [6.07, 6.45) is 7.52. The van der Waals surface area contributed by atoms with Crippen LogP contribution >= 0.6 is 0 Å². The minimum absolute atomic E-state index is 0.00694. The third-order valence-electron chi connectivity index (χ3n) is 3.14. The summed E-state index contributed by atoms with van der Waals surface area (Å²) in [5.74, 6) is 0.244. The molecule has 3 atom stereocenters. The molecule has 1 fully saturated rings. The molecule has 4 heteroatoms. The van der Waals surface area contributed by atoms with E-state index in [0.29, 0.717) is 12.3 Å². The SMILES string of the molecule is CCCC[C@@H]1CC(=O)O[C@H]1C.C[C@H]1C=CC(=O)O1. The Labute approximate surface area is 108 Å². The van der Waals surface area contributed by atoms with Crippen molar-refractivity contribution < 1.29 is 19.1 Å². The second kappa shape index (κ2) is 7.19. The zero-order valence-corrected chi connectivity index (χ0v) is 11.3. The van der Waals surface area contributed by atoms with Gasteiger partial charge in [0, 0.05) is 12.0 Å². The van der Waals surface area contributed by atoms with Crippen LogP contribution in [-0.2, 0) is 19.1 Å². The Morgan fingerprint density at radius 3 is 2.33 bits per heavy atom. The molecule has 4 nitrogen and oxygen atoms in total. The number of cyclic esters (lactones) is 2. The first-order valence-corrected chi connectivity index (χ1v) is 6.61. The average Bonchev–Trinajstić information content (AvgIpc) is 2.82. The molecule has 0 aliphatic carbocycles. The van der Waals surface area contributed by atoms with Crippen LogP contribution in [0.4, 0.5) is 0 Å². The zero-order chi connectivity index (χ0) is 13.5. The van der Waals surface area contributed by atoms with Crippen LogP contribution < -0.4 is 0 Å². The molecular weight excluding hydrogens is 232 g/mol. The standard InChI is InChI=1S/C9H16O2.C5H6O2/c1-3-4-5-8-6-9(10)11-7(8)2;1-4-2-3-5(6)7-4/h7-8H,3-6H2,1-2H3;2-4H,1H3/t7-,8+;4-/m00/s1. The Kier molecular flexibility index (Phi) is 5.89. The van der Waals surface area contributed by atoms with Crippen molar-refractivity contribution in [2.75, 3.05) is 0 Å². The first-order valence-electron chi connectivity index (χ1n) is 6.61. The van der Waals surface area contributed by atoms with Gasteiger partial charge >= 0.3 is 11.9 Å². The molecule has 0 amide bonds. The van der Waals surface area contributed by atoms with Crippen LogP contribution in [0.3, 0.4) is 0 Å². The topological polar surface area (TPSA) is 52.6 Å². The van der Waals surface area contributed by atoms with Crippen molar-refractivity contribution in [1.29, 1.82) is 0 Å². The Balaban J connectivity index is 0.000000199. The predicted octanol–water partition coefficient (Wildman–Crippen LogP) is 2.62. The van der Waals surface area contributed by atoms with Gasteiger partial charge in [-0.15, -0.1) is 0 Å². The van der Waals surface area contributed by atoms with E-state index in [4.69, 9.17) is 4.74 Å². The molecule has 18 heavy (non-hydrogen) atoms. The maximum atomic E-state index is 10.8. The van der Waals surface area contributed by atoms with E-state index in [1.165, 1.54) is 18.9 Å². The Hall–Kier alpha value is -1.32. The van der Waals surface area contributed by atoms with Crippen LogP contribution in [0.1, 0.15) is 46.5 Å². The monoisotopic (exact) mass is 254 g/mol. The van der Waals surface area contributed by atoms with E-state index in [0.717, 1.165) is 6.42 Å². The van der Waals surface area contributed by atoms with E-state index in [2.05, 4.69) is 11.7 Å². The normalized spacial score (nSPS) is 29.6. The summed E-state index contributed by atoms with van der Waals surface area (Å²) in [5, 5.41) is 0. The molecule has 2 heterocycles. The highest BCUT2D eigenvalue weighted by atomic mass is 16.6. The van der Waals surface area contributed by atoms with E-state index >= 15 is 0 Å². The molecule has 102 valence electrons. The molecule has 0 N–H and O–H groups in total. The van der Waals surface area contributed by atoms with Gasteiger partial charge in [0.05, 0.1) is 6.42 Å². The van der Waals surface area contributed by atoms with Gasteiger partial charge in [0.15, 0.2) is 0 Å². The molecule has 2 aliphatic heterocycles. The highest BCUT2D eigenvalue weighted by molar-refractivity contribution is 5.84. The lowest BCUT2D eigenvalue weighted by Crippen LogP contribution is -2.10. The van der Waals surface area contributed by atoms with Gasteiger partial charge in [-0.1, -0.05) is 19.8 Å². The lowest BCUT2D eigenvalue weighted by Gasteiger charge is -2.10. The molecule has 2 aliphatic rings. The van der Waals surface area contributed by atoms with E-state index in [-0.39, 0.29) is 24.1 Å². The van der Waals surface area contributed by atoms with Crippen LogP contribution in [0.25, 0.3) is 0 Å². The summed E-state index contributed by atoms with van der Waals surface area (Å²) < 4.78 is 9.64. The minimum atomic E-state index is -0.229. The Morgan fingerprint density at radius 1 is 1.28 bits per heavy atom. The van der Waals surface area contributed by atoms with Crippen LogP contribution in [-0.4, -0.2) is 24.1 Å². The van der Waals surface area contributed by atoms with Crippen LogP contribution in [0.2, 0.25) is 0 Å². The number of esters is 2. The molecule has 0 aromatic rings. The third-order valence-corrected chi connectivity index (χ3v) is 3.14. The maximum absolute atomic E-state index is 10.8. The van der Waals surface area contributed by atoms with Crippen molar-refractivity contribution in [1.82, 2.24) is 0 Å². The Morgan fingerprint density at radius 2 is 2.00 bits per heavy atom. The predicted molar refractivity (Wildman–Crippen MR) is 67.9 cm³/mol. The van der Waals surface area contributed by atoms with E-state index in [1.807, 2.05) is 13.8 Å². The average molecular weight is 254 g/mol. The van der Waals surface area contributed by atoms with Crippen molar-refractivity contribution in [3.8, 4) is 0 Å². The molecule has 0 aromatic heterocycles. The molecule has 0 bridgehead atoms. The van der Waals surface area contributed by atoms with Gasteiger partial charge in [0.1, 0.15) is 12.2 Å². The number of hydrogen-bond acceptors (Lipinski definition) is 4. The van der Waals surface area contributed by atoms with Gasteiger partial charge in [-0.3, -0.25) is 4.79 Å². The summed E-state index contributed by atoms with van der Waals surface area (Å²) in [5.41, 5.74) is 0.